The van der Waals surface area contributed by atoms with Crippen LogP contribution in [0.2, 0.25) is 0 Å². The van der Waals surface area contributed by atoms with Crippen molar-refractivity contribution in [2.24, 2.45) is 0 Å². The van der Waals surface area contributed by atoms with Crippen LogP contribution in [-0.2, 0) is 22.4 Å². The van der Waals surface area contributed by atoms with Crippen LogP contribution in [0.25, 0.3) is 0 Å². The van der Waals surface area contributed by atoms with Crippen molar-refractivity contribution in [3.8, 4) is 0 Å². The molecule has 0 spiro atoms. The fourth-order valence-electron chi connectivity index (χ4n) is 5.14. The Kier molecular flexibility index (Phi) is 9.58. The average molecular weight is 615 g/mol. The predicted octanol–water partition coefficient (Wildman–Crippen LogP) is 6.88. The second-order valence-electron chi connectivity index (χ2n) is 9.95. The van der Waals surface area contributed by atoms with Gasteiger partial charge in [-0.25, -0.2) is 9.59 Å². The number of ether oxygens (including phenoxy) is 1. The molecule has 10 heteroatoms. The second-order valence-corrected chi connectivity index (χ2v) is 12.1. The molecular weight excluding hydrogens is 585 g/mol. The maximum absolute atomic E-state index is 13.1. The van der Waals surface area contributed by atoms with Gasteiger partial charge in [-0.2, -0.15) is 0 Å². The molecule has 3 aromatic carbocycles. The number of carbonyl (C=O) groups is 4. The lowest BCUT2D eigenvalue weighted by molar-refractivity contribution is -0.113. The van der Waals surface area contributed by atoms with Crippen molar-refractivity contribution in [2.75, 3.05) is 23.0 Å². The molecule has 220 valence electrons. The van der Waals surface area contributed by atoms with Crippen LogP contribution in [0.1, 0.15) is 66.3 Å². The molecule has 1 unspecified atom stereocenters. The molecule has 1 atom stereocenters. The zero-order valence-electron chi connectivity index (χ0n) is 23.4. The van der Waals surface area contributed by atoms with Gasteiger partial charge in [0.25, 0.3) is 5.91 Å². The molecule has 3 N–H and O–H groups in total. The summed E-state index contributed by atoms with van der Waals surface area (Å²) in [5.74, 6) is -1.98. The molecule has 0 saturated heterocycles. The minimum atomic E-state index is -1.19. The molecular formula is C33H30N2O6S2. The molecule has 0 saturated carbocycles. The van der Waals surface area contributed by atoms with Crippen LogP contribution in [0.15, 0.2) is 83.8 Å². The van der Waals surface area contributed by atoms with Gasteiger partial charge in [0, 0.05) is 15.5 Å². The number of carbonyl (C=O) groups excluding carboxylic acids is 3. The number of hydrogen-bond donors (Lipinski definition) is 3. The number of benzene rings is 3. The van der Waals surface area contributed by atoms with Crippen LogP contribution >= 0.6 is 23.1 Å². The fraction of sp³-hybridized carbons (Fsp3) is 0.212. The van der Waals surface area contributed by atoms with Crippen molar-refractivity contribution in [3.05, 3.63) is 112 Å². The topological polar surface area (TPSA) is 122 Å². The molecule has 4 aromatic rings. The van der Waals surface area contributed by atoms with Gasteiger partial charge in [-0.3, -0.25) is 9.59 Å². The Morgan fingerprint density at radius 3 is 2.44 bits per heavy atom. The summed E-state index contributed by atoms with van der Waals surface area (Å²) in [6.45, 7) is 2.01. The highest BCUT2D eigenvalue weighted by Crippen LogP contribution is 2.43. The molecule has 1 aliphatic rings. The van der Waals surface area contributed by atoms with E-state index in [0.29, 0.717) is 22.2 Å². The zero-order valence-corrected chi connectivity index (χ0v) is 25.1. The Hall–Kier alpha value is -4.41. The molecule has 0 bridgehead atoms. The third-order valence-corrected chi connectivity index (χ3v) is 9.30. The first-order valence-corrected chi connectivity index (χ1v) is 15.7. The number of thiophene rings is 1. The van der Waals surface area contributed by atoms with Crippen LogP contribution in [0.5, 0.6) is 0 Å². The molecule has 1 aromatic heterocycles. The standard InChI is InChI=1S/C33H30N2O6S2/c1-2-41-33(40)29-26-16-15-21(20-9-4-3-5-10-20)17-27(26)43-31(29)35-28(36)19-42-23-12-8-11-22(18-23)34-30(37)24-13-6-7-14-25(24)32(38)39/h3-14,18,21H,2,15-17,19H2,1H3,(H,34,37)(H,35,36)(H,38,39). The molecule has 8 nitrogen and oxygen atoms in total. The zero-order chi connectivity index (χ0) is 30.3. The van der Waals surface area contributed by atoms with Crippen LogP contribution < -0.4 is 10.6 Å². The molecule has 43 heavy (non-hydrogen) atoms. The Morgan fingerprint density at radius 2 is 1.70 bits per heavy atom. The maximum atomic E-state index is 13.1. The Labute approximate surface area is 257 Å². The van der Waals surface area contributed by atoms with Gasteiger partial charge in [0.05, 0.1) is 29.1 Å². The van der Waals surface area contributed by atoms with Crippen LogP contribution in [0, 0.1) is 0 Å². The van der Waals surface area contributed by atoms with Crippen molar-refractivity contribution in [3.63, 3.8) is 0 Å². The lowest BCUT2D eigenvalue weighted by Gasteiger charge is -2.23. The van der Waals surface area contributed by atoms with Gasteiger partial charge in [-0.05, 0) is 73.6 Å². The van der Waals surface area contributed by atoms with E-state index in [4.69, 9.17) is 4.74 Å². The minimum absolute atomic E-state index is 0.0542. The summed E-state index contributed by atoms with van der Waals surface area (Å²) in [6.07, 6.45) is 2.45. The monoisotopic (exact) mass is 614 g/mol. The van der Waals surface area contributed by atoms with Crippen molar-refractivity contribution < 1.29 is 29.0 Å². The molecule has 1 aliphatic carbocycles. The number of carboxylic acid groups (broad SMARTS) is 1. The summed E-state index contributed by atoms with van der Waals surface area (Å²) in [5, 5.41) is 15.6. The van der Waals surface area contributed by atoms with Gasteiger partial charge in [0.1, 0.15) is 5.00 Å². The fourth-order valence-corrected chi connectivity index (χ4v) is 7.23. The smallest absolute Gasteiger partial charge is 0.341 e. The van der Waals surface area contributed by atoms with E-state index in [9.17, 15) is 24.3 Å². The first-order valence-electron chi connectivity index (χ1n) is 13.9. The van der Waals surface area contributed by atoms with Crippen LogP contribution in [-0.4, -0.2) is 41.2 Å². The van der Waals surface area contributed by atoms with Gasteiger partial charge < -0.3 is 20.5 Å². The summed E-state index contributed by atoms with van der Waals surface area (Å²) < 4.78 is 5.36. The highest BCUT2D eigenvalue weighted by molar-refractivity contribution is 8.00. The largest absolute Gasteiger partial charge is 0.478 e. The van der Waals surface area contributed by atoms with Crippen LogP contribution in [0.3, 0.4) is 0 Å². The lowest BCUT2D eigenvalue weighted by atomic mass is 9.83. The quantitative estimate of drug-likeness (QED) is 0.132. The van der Waals surface area contributed by atoms with E-state index in [-0.39, 0.29) is 29.4 Å². The van der Waals surface area contributed by atoms with E-state index in [0.717, 1.165) is 34.6 Å². The third kappa shape index (κ3) is 7.15. The van der Waals surface area contributed by atoms with Gasteiger partial charge in [0.15, 0.2) is 0 Å². The van der Waals surface area contributed by atoms with E-state index in [1.54, 1.807) is 37.3 Å². The van der Waals surface area contributed by atoms with E-state index in [2.05, 4.69) is 22.8 Å². The van der Waals surface area contributed by atoms with Gasteiger partial charge in [-0.15, -0.1) is 23.1 Å². The summed E-state index contributed by atoms with van der Waals surface area (Å²) in [5.41, 5.74) is 3.13. The highest BCUT2D eigenvalue weighted by atomic mass is 32.2. The summed E-state index contributed by atoms with van der Waals surface area (Å²) in [6, 6.07) is 23.3. The number of thioether (sulfide) groups is 1. The third-order valence-electron chi connectivity index (χ3n) is 7.13. The molecule has 2 amide bonds. The van der Waals surface area contributed by atoms with Crippen molar-refractivity contribution in [2.45, 2.75) is 37.0 Å². The first kappa shape index (κ1) is 30.1. The Morgan fingerprint density at radius 1 is 0.953 bits per heavy atom. The maximum Gasteiger partial charge on any atom is 0.341 e. The molecule has 0 aliphatic heterocycles. The van der Waals surface area contributed by atoms with E-state index in [1.165, 1.54) is 40.8 Å². The average Bonchev–Trinajstić information content (AvgIpc) is 3.37. The van der Waals surface area contributed by atoms with Gasteiger partial charge in [0.2, 0.25) is 5.91 Å². The Bertz CT molecular complexity index is 1670. The highest BCUT2D eigenvalue weighted by Gasteiger charge is 2.31. The number of rotatable bonds is 10. The number of hydrogen-bond acceptors (Lipinski definition) is 7. The van der Waals surface area contributed by atoms with Crippen molar-refractivity contribution >= 4 is 57.5 Å². The number of carboxylic acids is 1. The molecule has 0 fully saturated rings. The normalized spacial score (nSPS) is 13.9. The number of fused-ring (bicyclic) bond motifs is 1. The SMILES string of the molecule is CCOC(=O)c1c(NC(=O)CSc2cccc(NC(=O)c3ccccc3C(=O)O)c2)sc2c1CCC(c1ccccc1)C2. The van der Waals surface area contributed by atoms with E-state index < -0.39 is 17.8 Å². The van der Waals surface area contributed by atoms with E-state index in [1.807, 2.05) is 24.3 Å². The number of nitrogens with one attached hydrogen (secondary N) is 2. The molecule has 5 rings (SSSR count). The van der Waals surface area contributed by atoms with Gasteiger partial charge >= 0.3 is 11.9 Å². The number of amides is 2. The number of anilines is 2. The summed E-state index contributed by atoms with van der Waals surface area (Å²) in [4.78, 5) is 52.1. The van der Waals surface area contributed by atoms with Crippen LogP contribution in [0.4, 0.5) is 10.7 Å². The predicted molar refractivity (Wildman–Crippen MR) is 169 cm³/mol. The van der Waals surface area contributed by atoms with Crippen molar-refractivity contribution in [1.29, 1.82) is 0 Å². The van der Waals surface area contributed by atoms with Crippen molar-refractivity contribution in [1.82, 2.24) is 0 Å². The van der Waals surface area contributed by atoms with Gasteiger partial charge in [-0.1, -0.05) is 48.5 Å². The Balaban J connectivity index is 1.26. The molecule has 0 radical (unpaired) electrons. The summed E-state index contributed by atoms with van der Waals surface area (Å²) in [7, 11) is 0. The lowest BCUT2D eigenvalue weighted by Crippen LogP contribution is -2.18. The second kappa shape index (κ2) is 13.7. The molecule has 1 heterocycles. The number of esters is 1. The first-order chi connectivity index (χ1) is 20.8. The summed E-state index contributed by atoms with van der Waals surface area (Å²) >= 11 is 2.72. The minimum Gasteiger partial charge on any atom is -0.478 e. The number of aromatic carboxylic acids is 1. The van der Waals surface area contributed by atoms with E-state index >= 15 is 0 Å².